The van der Waals surface area contributed by atoms with Crippen LogP contribution in [0.5, 0.6) is 11.5 Å². The van der Waals surface area contributed by atoms with Gasteiger partial charge in [-0.25, -0.2) is 0 Å². The lowest BCUT2D eigenvalue weighted by Crippen LogP contribution is -2.47. The first kappa shape index (κ1) is 15.3. The fraction of sp³-hybridized carbons (Fsp3) is 0.462. The monoisotopic (exact) mass is 268 g/mol. The van der Waals surface area contributed by atoms with Crippen LogP contribution < -0.4 is 5.32 Å². The Hall–Kier alpha value is -1.79. The van der Waals surface area contributed by atoms with E-state index >= 15 is 0 Å². The molecule has 0 spiro atoms. The van der Waals surface area contributed by atoms with Gasteiger partial charge < -0.3 is 25.5 Å². The molecule has 0 heterocycles. The summed E-state index contributed by atoms with van der Waals surface area (Å²) < 4.78 is 0. The first-order valence-electron chi connectivity index (χ1n) is 5.88. The second-order valence-electron chi connectivity index (χ2n) is 5.12. The molecule has 0 aliphatic carbocycles. The van der Waals surface area contributed by atoms with Gasteiger partial charge in [-0.2, -0.15) is 0 Å². The summed E-state index contributed by atoms with van der Waals surface area (Å²) in [4.78, 5) is 13.6. The highest BCUT2D eigenvalue weighted by Crippen LogP contribution is 2.21. The molecule has 0 bridgehead atoms. The average Bonchev–Trinajstić information content (AvgIpc) is 2.27. The predicted molar refractivity (Wildman–Crippen MR) is 71.3 cm³/mol. The number of rotatable bonds is 5. The Balaban J connectivity index is 2.68. The van der Waals surface area contributed by atoms with E-state index < -0.39 is 11.5 Å². The van der Waals surface area contributed by atoms with E-state index in [1.54, 1.807) is 11.8 Å². The summed E-state index contributed by atoms with van der Waals surface area (Å²) >= 11 is 0. The van der Waals surface area contributed by atoms with Gasteiger partial charge >= 0.3 is 0 Å². The number of likely N-dealkylation sites (N-methyl/N-ethyl adjacent to an activating group) is 1. The molecule has 1 rings (SSSR count). The lowest BCUT2D eigenvalue weighted by atomic mass is 10.1. The molecule has 1 aromatic carbocycles. The van der Waals surface area contributed by atoms with Gasteiger partial charge in [-0.15, -0.1) is 0 Å². The minimum atomic E-state index is -1.08. The van der Waals surface area contributed by atoms with Gasteiger partial charge in [-0.1, -0.05) is 0 Å². The quantitative estimate of drug-likeness (QED) is 0.570. The molecular formula is C13H20N2O4. The summed E-state index contributed by atoms with van der Waals surface area (Å²) in [7, 11) is 3.63. The van der Waals surface area contributed by atoms with Crippen LogP contribution in [-0.4, -0.2) is 58.9 Å². The van der Waals surface area contributed by atoms with Gasteiger partial charge in [0.15, 0.2) is 0 Å². The van der Waals surface area contributed by atoms with Crippen LogP contribution in [0, 0.1) is 0 Å². The van der Waals surface area contributed by atoms with E-state index in [9.17, 15) is 20.1 Å². The van der Waals surface area contributed by atoms with Crippen LogP contribution in [0.4, 0.5) is 0 Å². The van der Waals surface area contributed by atoms with Crippen molar-refractivity contribution in [3.63, 3.8) is 0 Å². The van der Waals surface area contributed by atoms with Crippen molar-refractivity contribution >= 4 is 5.91 Å². The van der Waals surface area contributed by atoms with Crippen molar-refractivity contribution in [2.24, 2.45) is 0 Å². The molecule has 6 heteroatoms. The van der Waals surface area contributed by atoms with E-state index in [0.29, 0.717) is 6.54 Å². The van der Waals surface area contributed by atoms with Gasteiger partial charge in [0, 0.05) is 13.1 Å². The number of phenols is 2. The summed E-state index contributed by atoms with van der Waals surface area (Å²) in [6, 6.07) is 3.70. The molecule has 106 valence electrons. The van der Waals surface area contributed by atoms with Crippen LogP contribution >= 0.6 is 0 Å². The van der Waals surface area contributed by atoms with Crippen molar-refractivity contribution in [1.82, 2.24) is 10.2 Å². The van der Waals surface area contributed by atoms with Gasteiger partial charge in [0.05, 0.1) is 11.2 Å². The highest BCUT2D eigenvalue weighted by molar-refractivity contribution is 5.97. The molecule has 1 aromatic rings. The van der Waals surface area contributed by atoms with E-state index in [4.69, 9.17) is 0 Å². The van der Waals surface area contributed by atoms with Gasteiger partial charge in [-0.05, 0) is 39.2 Å². The molecule has 4 N–H and O–H groups in total. The highest BCUT2D eigenvalue weighted by Gasteiger charge is 2.23. The number of phenolic OH excluding ortho intramolecular Hbond substituents is 2. The largest absolute Gasteiger partial charge is 0.508 e. The van der Waals surface area contributed by atoms with Crippen molar-refractivity contribution < 1.29 is 20.1 Å². The molecular weight excluding hydrogens is 248 g/mol. The number of nitrogens with zero attached hydrogens (tertiary/aromatic N) is 1. The number of carbonyl (C=O) groups is 1. The van der Waals surface area contributed by atoms with Crippen LogP contribution in [0.25, 0.3) is 0 Å². The van der Waals surface area contributed by atoms with Gasteiger partial charge in [0.1, 0.15) is 11.5 Å². The molecule has 1 unspecified atom stereocenters. The van der Waals surface area contributed by atoms with Crippen LogP contribution in [-0.2, 0) is 0 Å². The fourth-order valence-electron chi connectivity index (χ4n) is 1.81. The van der Waals surface area contributed by atoms with E-state index in [-0.39, 0.29) is 23.6 Å². The third-order valence-electron chi connectivity index (χ3n) is 2.51. The number of carbonyl (C=O) groups excluding carboxylic acids is 1. The maximum absolute atomic E-state index is 11.8. The smallest absolute Gasteiger partial charge is 0.255 e. The molecule has 1 amide bonds. The van der Waals surface area contributed by atoms with Gasteiger partial charge in [0.25, 0.3) is 5.91 Å². The standard InChI is InChI=1S/C13H20N2O4/c1-13(19,8-15(2)3)7-14-12(18)10-6-9(16)4-5-11(10)17/h4-6,16-17,19H,7-8H2,1-3H3,(H,14,18). The Morgan fingerprint density at radius 3 is 2.58 bits per heavy atom. The number of benzene rings is 1. The maximum Gasteiger partial charge on any atom is 0.255 e. The molecule has 0 aliphatic heterocycles. The van der Waals surface area contributed by atoms with E-state index in [0.717, 1.165) is 0 Å². The Kier molecular flexibility index (Phi) is 4.74. The van der Waals surface area contributed by atoms with E-state index in [2.05, 4.69) is 5.32 Å². The number of nitrogens with one attached hydrogen (secondary N) is 1. The number of aromatic hydroxyl groups is 2. The molecule has 0 fully saturated rings. The Bertz CT molecular complexity index is 458. The van der Waals surface area contributed by atoms with Gasteiger partial charge in [-0.3, -0.25) is 4.79 Å². The minimum Gasteiger partial charge on any atom is -0.508 e. The molecule has 6 nitrogen and oxygen atoms in total. The van der Waals surface area contributed by atoms with Crippen molar-refractivity contribution in [2.75, 3.05) is 27.2 Å². The summed E-state index contributed by atoms with van der Waals surface area (Å²) in [5.74, 6) is -0.877. The first-order chi connectivity index (χ1) is 8.71. The lowest BCUT2D eigenvalue weighted by Gasteiger charge is -2.27. The molecule has 0 saturated carbocycles. The van der Waals surface area contributed by atoms with Crippen LogP contribution in [0.2, 0.25) is 0 Å². The van der Waals surface area contributed by atoms with Crippen molar-refractivity contribution in [3.8, 4) is 11.5 Å². The van der Waals surface area contributed by atoms with Crippen LogP contribution in [0.3, 0.4) is 0 Å². The van der Waals surface area contributed by atoms with Crippen molar-refractivity contribution in [3.05, 3.63) is 23.8 Å². The van der Waals surface area contributed by atoms with Crippen LogP contribution in [0.1, 0.15) is 17.3 Å². The lowest BCUT2D eigenvalue weighted by molar-refractivity contribution is 0.0325. The topological polar surface area (TPSA) is 93.0 Å². The highest BCUT2D eigenvalue weighted by atomic mass is 16.3. The zero-order valence-corrected chi connectivity index (χ0v) is 11.3. The molecule has 0 aromatic heterocycles. The predicted octanol–water partition coefficient (Wildman–Crippen LogP) is 0.140. The molecule has 0 saturated heterocycles. The summed E-state index contributed by atoms with van der Waals surface area (Å²) in [5.41, 5.74) is -1.10. The molecule has 0 radical (unpaired) electrons. The summed E-state index contributed by atoms with van der Waals surface area (Å²) in [6.45, 7) is 2.04. The van der Waals surface area contributed by atoms with Crippen LogP contribution in [0.15, 0.2) is 18.2 Å². The van der Waals surface area contributed by atoms with Crippen molar-refractivity contribution in [2.45, 2.75) is 12.5 Å². The normalized spacial score (nSPS) is 14.2. The fourth-order valence-corrected chi connectivity index (χ4v) is 1.81. The number of amides is 1. The second-order valence-corrected chi connectivity index (χ2v) is 5.12. The zero-order valence-electron chi connectivity index (χ0n) is 11.3. The molecule has 1 atom stereocenters. The van der Waals surface area contributed by atoms with Gasteiger partial charge in [0.2, 0.25) is 0 Å². The summed E-state index contributed by atoms with van der Waals surface area (Å²) in [6.07, 6.45) is 0. The Morgan fingerprint density at radius 2 is 2.00 bits per heavy atom. The number of aliphatic hydroxyl groups is 1. The van der Waals surface area contributed by atoms with E-state index in [1.807, 2.05) is 14.1 Å². The summed E-state index contributed by atoms with van der Waals surface area (Å²) in [5, 5.41) is 31.4. The minimum absolute atomic E-state index is 0.0272. The maximum atomic E-state index is 11.8. The first-order valence-corrected chi connectivity index (χ1v) is 5.88. The van der Waals surface area contributed by atoms with E-state index in [1.165, 1.54) is 18.2 Å². The zero-order chi connectivity index (χ0) is 14.6. The molecule has 0 aliphatic rings. The average molecular weight is 268 g/mol. The SMILES string of the molecule is CN(C)CC(C)(O)CNC(=O)c1cc(O)ccc1O. The third-order valence-corrected chi connectivity index (χ3v) is 2.51. The Labute approximate surface area is 112 Å². The third kappa shape index (κ3) is 4.76. The number of hydrogen-bond acceptors (Lipinski definition) is 5. The second kappa shape index (κ2) is 5.90. The Morgan fingerprint density at radius 1 is 1.37 bits per heavy atom. The molecule has 19 heavy (non-hydrogen) atoms. The number of hydrogen-bond donors (Lipinski definition) is 4. The van der Waals surface area contributed by atoms with Crippen molar-refractivity contribution in [1.29, 1.82) is 0 Å².